The number of hydrogen-bond donors (Lipinski definition) is 2. The van der Waals surface area contributed by atoms with Crippen molar-refractivity contribution < 1.29 is 9.59 Å². The molecule has 5 nitrogen and oxygen atoms in total. The van der Waals surface area contributed by atoms with Crippen molar-refractivity contribution in [1.29, 1.82) is 0 Å². The Morgan fingerprint density at radius 3 is 2.42 bits per heavy atom. The second-order valence-corrected chi connectivity index (χ2v) is 7.93. The van der Waals surface area contributed by atoms with Crippen LogP contribution in [0, 0.1) is 12.8 Å². The quantitative estimate of drug-likeness (QED) is 0.822. The van der Waals surface area contributed by atoms with E-state index in [1.54, 1.807) is 6.07 Å². The molecule has 3 rings (SSSR count). The van der Waals surface area contributed by atoms with Crippen LogP contribution in [-0.2, 0) is 4.79 Å². The molecule has 1 aromatic rings. The molecule has 1 aromatic carbocycles. The topological polar surface area (TPSA) is 61.4 Å². The molecule has 0 spiro atoms. The van der Waals surface area contributed by atoms with E-state index in [1.807, 2.05) is 24.0 Å². The molecule has 0 bridgehead atoms. The zero-order valence-electron chi connectivity index (χ0n) is 15.4. The van der Waals surface area contributed by atoms with Gasteiger partial charge in [0.05, 0.1) is 0 Å². The van der Waals surface area contributed by atoms with Gasteiger partial charge >= 0.3 is 6.03 Å². The highest BCUT2D eigenvalue weighted by Gasteiger charge is 2.27. The van der Waals surface area contributed by atoms with Crippen molar-refractivity contribution in [2.75, 3.05) is 18.4 Å². The highest BCUT2D eigenvalue weighted by Crippen LogP contribution is 2.24. The minimum atomic E-state index is -0.0903. The first-order valence-electron chi connectivity index (χ1n) is 9.65. The van der Waals surface area contributed by atoms with Gasteiger partial charge in [-0.3, -0.25) is 4.79 Å². The fraction of sp³-hybridized carbons (Fsp3) is 0.600. The van der Waals surface area contributed by atoms with Gasteiger partial charge in [-0.2, -0.15) is 0 Å². The minimum absolute atomic E-state index is 0.0903. The lowest BCUT2D eigenvalue weighted by molar-refractivity contribution is -0.126. The molecule has 2 fully saturated rings. The summed E-state index contributed by atoms with van der Waals surface area (Å²) in [5, 5.41) is 6.82. The molecule has 2 N–H and O–H groups in total. The number of nitrogens with zero attached hydrogens (tertiary/aromatic N) is 1. The Morgan fingerprint density at radius 1 is 1.08 bits per heavy atom. The molecule has 1 aliphatic heterocycles. The predicted molar refractivity (Wildman–Crippen MR) is 105 cm³/mol. The molecular formula is C20H28ClN3O2. The largest absolute Gasteiger partial charge is 0.353 e. The highest BCUT2D eigenvalue weighted by molar-refractivity contribution is 6.30. The molecule has 0 radical (unpaired) electrons. The number of aryl methyl sites for hydroxylation is 1. The van der Waals surface area contributed by atoms with Crippen LogP contribution in [0.5, 0.6) is 0 Å². The third-order valence-electron chi connectivity index (χ3n) is 5.53. The molecule has 1 aliphatic carbocycles. The number of rotatable bonds is 3. The van der Waals surface area contributed by atoms with Crippen LogP contribution in [-0.4, -0.2) is 36.0 Å². The fourth-order valence-electron chi connectivity index (χ4n) is 3.87. The number of nitrogens with one attached hydrogen (secondary N) is 2. The molecule has 0 atom stereocenters. The summed E-state index contributed by atoms with van der Waals surface area (Å²) in [6, 6.07) is 5.53. The molecular weight excluding hydrogens is 350 g/mol. The van der Waals surface area contributed by atoms with Gasteiger partial charge in [0.25, 0.3) is 0 Å². The SMILES string of the molecule is Cc1cc(Cl)ccc1NC(=O)N1CCC(NC(=O)C2CCCCC2)CC1. The maximum atomic E-state index is 12.5. The van der Waals surface area contributed by atoms with Crippen LogP contribution >= 0.6 is 11.6 Å². The van der Waals surface area contributed by atoms with Crippen molar-refractivity contribution in [3.05, 3.63) is 28.8 Å². The Balaban J connectivity index is 1.45. The van der Waals surface area contributed by atoms with Crippen molar-refractivity contribution in [3.63, 3.8) is 0 Å². The van der Waals surface area contributed by atoms with E-state index in [0.717, 1.165) is 36.9 Å². The number of urea groups is 1. The number of carbonyl (C=O) groups excluding carboxylic acids is 2. The molecule has 0 aromatic heterocycles. The van der Waals surface area contributed by atoms with E-state index in [4.69, 9.17) is 11.6 Å². The highest BCUT2D eigenvalue weighted by atomic mass is 35.5. The van der Waals surface area contributed by atoms with Gasteiger partial charge in [-0.1, -0.05) is 30.9 Å². The predicted octanol–water partition coefficient (Wildman–Crippen LogP) is 4.34. The average Bonchev–Trinajstić information content (AvgIpc) is 2.65. The summed E-state index contributed by atoms with van der Waals surface area (Å²) >= 11 is 5.96. The van der Waals surface area contributed by atoms with Crippen molar-refractivity contribution in [2.45, 2.75) is 57.9 Å². The summed E-state index contributed by atoms with van der Waals surface area (Å²) in [5.74, 6) is 0.405. The smallest absolute Gasteiger partial charge is 0.321 e. The summed E-state index contributed by atoms with van der Waals surface area (Å²) < 4.78 is 0. The standard InChI is InChI=1S/C20H28ClN3O2/c1-14-13-16(21)7-8-18(14)23-20(26)24-11-9-17(10-12-24)22-19(25)15-5-3-2-4-6-15/h7-8,13,15,17H,2-6,9-12H2,1H3,(H,22,25)(H,23,26). The van der Waals surface area contributed by atoms with E-state index in [9.17, 15) is 9.59 Å². The maximum absolute atomic E-state index is 12.5. The summed E-state index contributed by atoms with van der Waals surface area (Å²) in [6.07, 6.45) is 7.25. The van der Waals surface area contributed by atoms with Crippen LogP contribution in [0.15, 0.2) is 18.2 Å². The lowest BCUT2D eigenvalue weighted by atomic mass is 9.88. The van der Waals surface area contributed by atoms with Crippen LogP contribution in [0.2, 0.25) is 5.02 Å². The Labute approximate surface area is 160 Å². The first-order valence-corrected chi connectivity index (χ1v) is 10.0. The Kier molecular flexibility index (Phi) is 6.41. The van der Waals surface area contributed by atoms with Crippen LogP contribution in [0.25, 0.3) is 0 Å². The van der Waals surface area contributed by atoms with E-state index in [0.29, 0.717) is 18.1 Å². The van der Waals surface area contributed by atoms with Crippen LogP contribution in [0.1, 0.15) is 50.5 Å². The first-order chi connectivity index (χ1) is 12.5. The molecule has 2 aliphatic rings. The van der Waals surface area contributed by atoms with E-state index in [1.165, 1.54) is 19.3 Å². The Bertz CT molecular complexity index is 650. The van der Waals surface area contributed by atoms with E-state index in [2.05, 4.69) is 10.6 Å². The number of hydrogen-bond acceptors (Lipinski definition) is 2. The summed E-state index contributed by atoms with van der Waals surface area (Å²) in [4.78, 5) is 26.7. The number of amides is 3. The van der Waals surface area contributed by atoms with Gasteiger partial charge in [-0.15, -0.1) is 0 Å². The molecule has 3 amide bonds. The Morgan fingerprint density at radius 2 is 1.77 bits per heavy atom. The van der Waals surface area contributed by atoms with Crippen molar-refractivity contribution >= 4 is 29.2 Å². The normalized spacial score (nSPS) is 19.2. The molecule has 0 unspecified atom stereocenters. The third kappa shape index (κ3) is 4.91. The number of likely N-dealkylation sites (tertiary alicyclic amines) is 1. The van der Waals surface area contributed by atoms with Gasteiger partial charge < -0.3 is 15.5 Å². The first kappa shape index (κ1) is 19.0. The van der Waals surface area contributed by atoms with Crippen LogP contribution < -0.4 is 10.6 Å². The second-order valence-electron chi connectivity index (χ2n) is 7.49. The molecule has 26 heavy (non-hydrogen) atoms. The second kappa shape index (κ2) is 8.76. The number of anilines is 1. The lowest BCUT2D eigenvalue weighted by Gasteiger charge is -2.33. The minimum Gasteiger partial charge on any atom is -0.353 e. The summed E-state index contributed by atoms with van der Waals surface area (Å²) in [5.41, 5.74) is 1.73. The van der Waals surface area contributed by atoms with Gasteiger partial charge in [-0.25, -0.2) is 4.79 Å². The maximum Gasteiger partial charge on any atom is 0.321 e. The molecule has 6 heteroatoms. The van der Waals surface area contributed by atoms with Crippen molar-refractivity contribution in [2.24, 2.45) is 5.92 Å². The van der Waals surface area contributed by atoms with Gasteiger partial charge in [0, 0.05) is 35.8 Å². The van der Waals surface area contributed by atoms with Gasteiger partial charge in [-0.05, 0) is 56.4 Å². The Hall–Kier alpha value is -1.75. The number of carbonyl (C=O) groups is 2. The number of halogens is 1. The van der Waals surface area contributed by atoms with Crippen molar-refractivity contribution in [3.8, 4) is 0 Å². The number of piperidine rings is 1. The van der Waals surface area contributed by atoms with E-state index >= 15 is 0 Å². The van der Waals surface area contributed by atoms with Crippen molar-refractivity contribution in [1.82, 2.24) is 10.2 Å². The average molecular weight is 378 g/mol. The van der Waals surface area contributed by atoms with Gasteiger partial charge in [0.1, 0.15) is 0 Å². The zero-order valence-corrected chi connectivity index (χ0v) is 16.1. The van der Waals surface area contributed by atoms with Crippen LogP contribution in [0.4, 0.5) is 10.5 Å². The lowest BCUT2D eigenvalue weighted by Crippen LogP contribution is -2.49. The third-order valence-corrected chi connectivity index (χ3v) is 5.77. The molecule has 1 saturated heterocycles. The summed E-state index contributed by atoms with van der Waals surface area (Å²) in [6.45, 7) is 3.25. The molecule has 142 valence electrons. The molecule has 1 saturated carbocycles. The summed E-state index contributed by atoms with van der Waals surface area (Å²) in [7, 11) is 0. The van der Waals surface area contributed by atoms with E-state index in [-0.39, 0.29) is 23.9 Å². The van der Waals surface area contributed by atoms with Gasteiger partial charge in [0.2, 0.25) is 5.91 Å². The van der Waals surface area contributed by atoms with E-state index < -0.39 is 0 Å². The number of benzene rings is 1. The molecule has 1 heterocycles. The van der Waals surface area contributed by atoms with Gasteiger partial charge in [0.15, 0.2) is 0 Å². The fourth-order valence-corrected chi connectivity index (χ4v) is 4.10. The zero-order chi connectivity index (χ0) is 18.5. The van der Waals surface area contributed by atoms with Crippen LogP contribution in [0.3, 0.4) is 0 Å². The monoisotopic (exact) mass is 377 g/mol.